The first-order valence-electron chi connectivity index (χ1n) is 6.39. The van der Waals surface area contributed by atoms with Crippen molar-refractivity contribution in [2.24, 2.45) is 0 Å². The van der Waals surface area contributed by atoms with Gasteiger partial charge in [-0.15, -0.1) is 0 Å². The maximum absolute atomic E-state index is 10.6. The number of benzene rings is 1. The molecule has 0 saturated heterocycles. The zero-order chi connectivity index (χ0) is 13.0. The van der Waals surface area contributed by atoms with Crippen LogP contribution < -0.4 is 5.32 Å². The Balaban J connectivity index is 1.91. The van der Waals surface area contributed by atoms with E-state index in [1.165, 1.54) is 17.3 Å². The maximum Gasteiger partial charge on any atom is 0.328 e. The number of hydrogen-bond donors (Lipinski definition) is 2. The van der Waals surface area contributed by atoms with Crippen molar-refractivity contribution in [1.82, 2.24) is 0 Å². The molecule has 2 N–H and O–H groups in total. The molecule has 0 spiro atoms. The van der Waals surface area contributed by atoms with Gasteiger partial charge in [-0.25, -0.2) is 4.79 Å². The fraction of sp³-hybridized carbons (Fsp3) is 0.400. The lowest BCUT2D eigenvalue weighted by molar-refractivity contribution is -0.131. The van der Waals surface area contributed by atoms with E-state index in [0.29, 0.717) is 6.04 Å². The third-order valence-electron chi connectivity index (χ3n) is 3.46. The highest BCUT2D eigenvalue weighted by atomic mass is 16.4. The van der Waals surface area contributed by atoms with E-state index < -0.39 is 5.97 Å². The van der Waals surface area contributed by atoms with Crippen molar-refractivity contribution in [3.05, 3.63) is 41.5 Å². The Hall–Kier alpha value is -1.77. The summed E-state index contributed by atoms with van der Waals surface area (Å²) in [7, 11) is 0. The number of allylic oxidation sites excluding steroid dienone is 1. The second-order valence-electron chi connectivity index (χ2n) is 4.87. The lowest BCUT2D eigenvalue weighted by Gasteiger charge is -2.26. The molecule has 1 aromatic carbocycles. The van der Waals surface area contributed by atoms with Crippen molar-refractivity contribution in [3.8, 4) is 0 Å². The van der Waals surface area contributed by atoms with Crippen molar-refractivity contribution in [2.45, 2.75) is 38.6 Å². The first-order valence-corrected chi connectivity index (χ1v) is 6.39. The molecular formula is C15H19NO2. The van der Waals surface area contributed by atoms with Crippen LogP contribution in [0.15, 0.2) is 35.9 Å². The van der Waals surface area contributed by atoms with Crippen molar-refractivity contribution in [2.75, 3.05) is 5.32 Å². The first kappa shape index (κ1) is 12.7. The van der Waals surface area contributed by atoms with Gasteiger partial charge >= 0.3 is 5.97 Å². The van der Waals surface area contributed by atoms with Crippen LogP contribution in [0.1, 0.15) is 31.2 Å². The molecule has 0 amide bonds. The quantitative estimate of drug-likeness (QED) is 0.803. The molecule has 3 heteroatoms. The van der Waals surface area contributed by atoms with Crippen LogP contribution in [-0.4, -0.2) is 17.1 Å². The molecule has 1 aliphatic rings. The monoisotopic (exact) mass is 245 g/mol. The highest BCUT2D eigenvalue weighted by Crippen LogP contribution is 2.26. The minimum atomic E-state index is -0.824. The zero-order valence-electron chi connectivity index (χ0n) is 10.6. The summed E-state index contributed by atoms with van der Waals surface area (Å²) in [5.74, 6) is -0.824. The molecule has 1 saturated carbocycles. The van der Waals surface area contributed by atoms with Gasteiger partial charge in [-0.05, 0) is 44.2 Å². The first-order chi connectivity index (χ1) is 8.65. The predicted octanol–water partition coefficient (Wildman–Crippen LogP) is 3.36. The Morgan fingerprint density at radius 1 is 1.33 bits per heavy atom. The molecular weight excluding hydrogens is 226 g/mol. The molecule has 0 unspecified atom stereocenters. The number of anilines is 1. The van der Waals surface area contributed by atoms with E-state index >= 15 is 0 Å². The van der Waals surface area contributed by atoms with Gasteiger partial charge in [0.25, 0.3) is 0 Å². The van der Waals surface area contributed by atoms with Crippen LogP contribution >= 0.6 is 0 Å². The van der Waals surface area contributed by atoms with E-state index in [0.717, 1.165) is 31.3 Å². The second kappa shape index (κ2) is 5.71. The van der Waals surface area contributed by atoms with Crippen molar-refractivity contribution in [3.63, 3.8) is 0 Å². The molecule has 0 heterocycles. The van der Waals surface area contributed by atoms with E-state index in [1.807, 2.05) is 12.1 Å². The Kier molecular flexibility index (Phi) is 4.03. The number of carboxylic acid groups (broad SMARTS) is 1. The Labute approximate surface area is 108 Å². The van der Waals surface area contributed by atoms with Gasteiger partial charge in [-0.3, -0.25) is 0 Å². The summed E-state index contributed by atoms with van der Waals surface area (Å²) in [6, 6.07) is 8.72. The summed E-state index contributed by atoms with van der Waals surface area (Å²) in [4.78, 5) is 10.6. The molecule has 0 radical (unpaired) electrons. The number of aliphatic carboxylic acids is 1. The normalized spacial score (nSPS) is 19.4. The summed E-state index contributed by atoms with van der Waals surface area (Å²) >= 11 is 0. The SMILES string of the molecule is Cc1ccccc1NC1CCC(=CC(=O)O)CC1. The van der Waals surface area contributed by atoms with Crippen LogP contribution in [0.4, 0.5) is 5.69 Å². The predicted molar refractivity (Wildman–Crippen MR) is 72.8 cm³/mol. The van der Waals surface area contributed by atoms with Gasteiger partial charge < -0.3 is 10.4 Å². The number of rotatable bonds is 3. The van der Waals surface area contributed by atoms with E-state index in [4.69, 9.17) is 5.11 Å². The number of para-hydroxylation sites is 1. The largest absolute Gasteiger partial charge is 0.478 e. The van der Waals surface area contributed by atoms with Gasteiger partial charge in [0.2, 0.25) is 0 Å². The summed E-state index contributed by atoms with van der Waals surface area (Å²) in [5, 5.41) is 12.3. The fourth-order valence-electron chi connectivity index (χ4n) is 2.41. The standard InChI is InChI=1S/C15H19NO2/c1-11-4-2-3-5-14(11)16-13-8-6-12(7-9-13)10-15(17)18/h2-5,10,13,16H,6-9H2,1H3,(H,17,18). The topological polar surface area (TPSA) is 49.3 Å². The third kappa shape index (κ3) is 3.36. The molecule has 3 nitrogen and oxygen atoms in total. The third-order valence-corrected chi connectivity index (χ3v) is 3.46. The number of carboxylic acids is 1. The molecule has 0 bridgehead atoms. The molecule has 0 aliphatic heterocycles. The summed E-state index contributed by atoms with van der Waals surface area (Å²) < 4.78 is 0. The van der Waals surface area contributed by atoms with E-state index in [-0.39, 0.29) is 0 Å². The molecule has 1 fully saturated rings. The highest BCUT2D eigenvalue weighted by Gasteiger charge is 2.17. The average Bonchev–Trinajstić information content (AvgIpc) is 2.34. The van der Waals surface area contributed by atoms with Crippen molar-refractivity contribution in [1.29, 1.82) is 0 Å². The van der Waals surface area contributed by atoms with E-state index in [1.54, 1.807) is 0 Å². The molecule has 0 atom stereocenters. The molecule has 1 aromatic rings. The Morgan fingerprint density at radius 3 is 2.61 bits per heavy atom. The second-order valence-corrected chi connectivity index (χ2v) is 4.87. The molecule has 0 aromatic heterocycles. The van der Waals surface area contributed by atoms with Crippen LogP contribution in [0.3, 0.4) is 0 Å². The van der Waals surface area contributed by atoms with Crippen LogP contribution in [0.2, 0.25) is 0 Å². The number of aryl methyl sites for hydroxylation is 1. The van der Waals surface area contributed by atoms with Crippen LogP contribution in [0, 0.1) is 6.92 Å². The van der Waals surface area contributed by atoms with Gasteiger partial charge in [0, 0.05) is 17.8 Å². The van der Waals surface area contributed by atoms with E-state index in [2.05, 4.69) is 24.4 Å². The number of hydrogen-bond acceptors (Lipinski definition) is 2. The summed E-state index contributed by atoms with van der Waals surface area (Å²) in [5.41, 5.74) is 3.50. The van der Waals surface area contributed by atoms with Gasteiger partial charge in [0.1, 0.15) is 0 Å². The maximum atomic E-state index is 10.6. The molecule has 96 valence electrons. The minimum absolute atomic E-state index is 0.456. The number of nitrogens with one attached hydrogen (secondary N) is 1. The lowest BCUT2D eigenvalue weighted by Crippen LogP contribution is -2.23. The molecule has 2 rings (SSSR count). The van der Waals surface area contributed by atoms with Crippen molar-refractivity contribution < 1.29 is 9.90 Å². The highest BCUT2D eigenvalue weighted by molar-refractivity contribution is 5.80. The van der Waals surface area contributed by atoms with Gasteiger partial charge in [0.05, 0.1) is 0 Å². The fourth-order valence-corrected chi connectivity index (χ4v) is 2.41. The Morgan fingerprint density at radius 2 is 2.00 bits per heavy atom. The van der Waals surface area contributed by atoms with Gasteiger partial charge in [0.15, 0.2) is 0 Å². The van der Waals surface area contributed by atoms with Gasteiger partial charge in [-0.1, -0.05) is 23.8 Å². The van der Waals surface area contributed by atoms with Crippen LogP contribution in [0.25, 0.3) is 0 Å². The summed E-state index contributed by atoms with van der Waals surface area (Å²) in [6.45, 7) is 2.10. The van der Waals surface area contributed by atoms with E-state index in [9.17, 15) is 4.79 Å². The average molecular weight is 245 g/mol. The van der Waals surface area contributed by atoms with Crippen LogP contribution in [0.5, 0.6) is 0 Å². The molecule has 18 heavy (non-hydrogen) atoms. The zero-order valence-corrected chi connectivity index (χ0v) is 10.6. The van der Waals surface area contributed by atoms with Crippen LogP contribution in [-0.2, 0) is 4.79 Å². The number of carbonyl (C=O) groups is 1. The van der Waals surface area contributed by atoms with Crippen molar-refractivity contribution >= 4 is 11.7 Å². The Bertz CT molecular complexity index is 455. The summed E-state index contributed by atoms with van der Waals surface area (Å²) in [6.07, 6.45) is 5.15. The lowest BCUT2D eigenvalue weighted by atomic mass is 9.90. The van der Waals surface area contributed by atoms with Gasteiger partial charge in [-0.2, -0.15) is 0 Å². The smallest absolute Gasteiger partial charge is 0.328 e. The minimum Gasteiger partial charge on any atom is -0.478 e. The molecule has 1 aliphatic carbocycles.